The van der Waals surface area contributed by atoms with Crippen molar-refractivity contribution in [3.63, 3.8) is 0 Å². The van der Waals surface area contributed by atoms with Gasteiger partial charge in [-0.25, -0.2) is 22.3 Å². The second-order valence-electron chi connectivity index (χ2n) is 4.27. The quantitative estimate of drug-likeness (QED) is 0.487. The molecule has 0 aromatic heterocycles. The van der Waals surface area contributed by atoms with Crippen molar-refractivity contribution < 1.29 is 27.1 Å². The zero-order valence-electron chi connectivity index (χ0n) is 12.8. The molecule has 0 aliphatic rings. The molecule has 0 aliphatic carbocycles. The largest absolute Gasteiger partial charge is 0.465 e. The minimum atomic E-state index is -3.94. The first-order valence-electron chi connectivity index (χ1n) is 6.49. The Bertz CT molecular complexity index is 612. The van der Waals surface area contributed by atoms with Gasteiger partial charge in [0, 0.05) is 26.7 Å². The van der Waals surface area contributed by atoms with Gasteiger partial charge < -0.3 is 14.8 Å². The van der Waals surface area contributed by atoms with Gasteiger partial charge in [-0.1, -0.05) is 0 Å². The second-order valence-corrected chi connectivity index (χ2v) is 6.01. The van der Waals surface area contributed by atoms with Crippen LogP contribution in [0.15, 0.2) is 23.1 Å². The van der Waals surface area contributed by atoms with E-state index in [-0.39, 0.29) is 29.4 Å². The third-order valence-corrected chi connectivity index (χ3v) is 4.23. The van der Waals surface area contributed by atoms with Gasteiger partial charge in [0.1, 0.15) is 5.82 Å². The Hall–Kier alpha value is -1.26. The first-order chi connectivity index (χ1) is 10.4. The van der Waals surface area contributed by atoms with Crippen LogP contribution in [0, 0.1) is 5.82 Å². The summed E-state index contributed by atoms with van der Waals surface area (Å²) in [5, 5.41) is 2.96. The lowest BCUT2D eigenvalue weighted by molar-refractivity contribution is 0.0595. The van der Waals surface area contributed by atoms with Gasteiger partial charge >= 0.3 is 5.97 Å². The molecule has 1 aromatic carbocycles. The molecule has 2 N–H and O–H groups in total. The van der Waals surface area contributed by atoms with E-state index in [9.17, 15) is 17.6 Å². The topological polar surface area (TPSA) is 93.7 Å². The third-order valence-electron chi connectivity index (χ3n) is 2.71. The van der Waals surface area contributed by atoms with Crippen LogP contribution in [0.5, 0.6) is 0 Å². The molecule has 7 nitrogen and oxygen atoms in total. The number of halogens is 2. The summed E-state index contributed by atoms with van der Waals surface area (Å²) < 4.78 is 49.2. The van der Waals surface area contributed by atoms with Crippen LogP contribution in [-0.2, 0) is 19.5 Å². The molecule has 1 rings (SSSR count). The molecule has 0 aliphatic heterocycles. The van der Waals surface area contributed by atoms with Crippen LogP contribution in [0.4, 0.5) is 4.39 Å². The van der Waals surface area contributed by atoms with E-state index >= 15 is 0 Å². The molecular formula is C13H20ClFN2O5S. The van der Waals surface area contributed by atoms with Gasteiger partial charge in [-0.2, -0.15) is 0 Å². The van der Waals surface area contributed by atoms with Crippen molar-refractivity contribution in [1.82, 2.24) is 10.0 Å². The standard InChI is InChI=1S/C13H19FN2O5S.ClH/c1-20-8-7-15-5-6-16-22(18,19)12-4-3-10(14)9-11(12)13(17)21-2;/h3-4,9,15-16H,5-8H2,1-2H3;1H. The van der Waals surface area contributed by atoms with Crippen LogP contribution in [0.25, 0.3) is 0 Å². The molecule has 0 heterocycles. The average Bonchev–Trinajstić information content (AvgIpc) is 2.49. The fourth-order valence-corrected chi connectivity index (χ4v) is 2.86. The highest BCUT2D eigenvalue weighted by Gasteiger charge is 2.23. The predicted octanol–water partition coefficient (Wildman–Crippen LogP) is 0.548. The van der Waals surface area contributed by atoms with Gasteiger partial charge in [0.2, 0.25) is 10.0 Å². The molecule has 0 amide bonds. The molecule has 0 spiro atoms. The van der Waals surface area contributed by atoms with Gasteiger partial charge in [-0.05, 0) is 18.2 Å². The maximum absolute atomic E-state index is 13.2. The highest BCUT2D eigenvalue weighted by Crippen LogP contribution is 2.18. The molecule has 0 atom stereocenters. The van der Waals surface area contributed by atoms with Crippen molar-refractivity contribution in [2.24, 2.45) is 0 Å². The molecule has 0 saturated heterocycles. The van der Waals surface area contributed by atoms with E-state index in [0.29, 0.717) is 19.7 Å². The summed E-state index contributed by atoms with van der Waals surface area (Å²) >= 11 is 0. The molecule has 10 heteroatoms. The highest BCUT2D eigenvalue weighted by atomic mass is 35.5. The van der Waals surface area contributed by atoms with Crippen molar-refractivity contribution in [3.8, 4) is 0 Å². The number of nitrogens with one attached hydrogen (secondary N) is 2. The van der Waals surface area contributed by atoms with Crippen LogP contribution >= 0.6 is 12.4 Å². The van der Waals surface area contributed by atoms with Crippen molar-refractivity contribution in [2.45, 2.75) is 4.90 Å². The number of carbonyl (C=O) groups is 1. The number of hydrogen-bond donors (Lipinski definition) is 2. The minimum absolute atomic E-state index is 0. The van der Waals surface area contributed by atoms with Gasteiger partial charge in [-0.15, -0.1) is 12.4 Å². The molecule has 0 radical (unpaired) electrons. The van der Waals surface area contributed by atoms with E-state index in [2.05, 4.69) is 14.8 Å². The molecule has 0 fully saturated rings. The van der Waals surface area contributed by atoms with Gasteiger partial charge in [0.25, 0.3) is 0 Å². The van der Waals surface area contributed by atoms with Gasteiger partial charge in [0.15, 0.2) is 0 Å². The average molecular weight is 371 g/mol. The lowest BCUT2D eigenvalue weighted by Crippen LogP contribution is -2.33. The Morgan fingerprint density at radius 1 is 1.22 bits per heavy atom. The van der Waals surface area contributed by atoms with Crippen molar-refractivity contribution in [2.75, 3.05) is 40.5 Å². The third kappa shape index (κ3) is 6.80. The molecule has 0 saturated carbocycles. The van der Waals surface area contributed by atoms with E-state index in [1.54, 1.807) is 7.11 Å². The van der Waals surface area contributed by atoms with Crippen LogP contribution in [0.2, 0.25) is 0 Å². The molecular weight excluding hydrogens is 351 g/mol. The van der Waals surface area contributed by atoms with Crippen LogP contribution in [0.1, 0.15) is 10.4 Å². The number of esters is 1. The molecule has 132 valence electrons. The fraction of sp³-hybridized carbons (Fsp3) is 0.462. The number of benzene rings is 1. The summed E-state index contributed by atoms with van der Waals surface area (Å²) in [6.07, 6.45) is 0. The van der Waals surface area contributed by atoms with Gasteiger partial charge in [-0.3, -0.25) is 0 Å². The van der Waals surface area contributed by atoms with Gasteiger partial charge in [0.05, 0.1) is 24.2 Å². The number of ether oxygens (including phenoxy) is 2. The summed E-state index contributed by atoms with van der Waals surface area (Å²) in [6.45, 7) is 1.60. The fourth-order valence-electron chi connectivity index (χ4n) is 1.66. The minimum Gasteiger partial charge on any atom is -0.465 e. The Labute approximate surface area is 141 Å². The lowest BCUT2D eigenvalue weighted by Gasteiger charge is -2.11. The lowest BCUT2D eigenvalue weighted by atomic mass is 10.2. The first-order valence-corrected chi connectivity index (χ1v) is 7.98. The molecule has 0 unspecified atom stereocenters. The maximum atomic E-state index is 13.2. The van der Waals surface area contributed by atoms with E-state index in [1.807, 2.05) is 0 Å². The van der Waals surface area contributed by atoms with Crippen molar-refractivity contribution in [1.29, 1.82) is 0 Å². The molecule has 1 aromatic rings. The summed E-state index contributed by atoms with van der Waals surface area (Å²) in [4.78, 5) is 11.3. The van der Waals surface area contributed by atoms with E-state index in [0.717, 1.165) is 25.3 Å². The van der Waals surface area contributed by atoms with Crippen molar-refractivity contribution >= 4 is 28.4 Å². The SMILES string of the molecule is COCCNCCNS(=O)(=O)c1ccc(F)cc1C(=O)OC.Cl. The normalized spacial score (nSPS) is 10.9. The highest BCUT2D eigenvalue weighted by molar-refractivity contribution is 7.89. The molecule has 0 bridgehead atoms. The zero-order valence-corrected chi connectivity index (χ0v) is 14.4. The summed E-state index contributed by atoms with van der Waals surface area (Å²) in [5.41, 5.74) is -0.345. The zero-order chi connectivity index (χ0) is 16.6. The number of hydrogen-bond acceptors (Lipinski definition) is 6. The monoisotopic (exact) mass is 370 g/mol. The summed E-state index contributed by atoms with van der Waals surface area (Å²) in [7, 11) is -1.29. The number of methoxy groups -OCH3 is 2. The maximum Gasteiger partial charge on any atom is 0.339 e. The predicted molar refractivity (Wildman–Crippen MR) is 84.9 cm³/mol. The number of sulfonamides is 1. The second kappa shape index (κ2) is 10.5. The van der Waals surface area contributed by atoms with E-state index < -0.39 is 21.8 Å². The Morgan fingerprint density at radius 2 is 1.91 bits per heavy atom. The van der Waals surface area contributed by atoms with E-state index in [4.69, 9.17) is 4.74 Å². The Kier molecular flexibility index (Phi) is 9.93. The molecule has 23 heavy (non-hydrogen) atoms. The number of carbonyl (C=O) groups excluding carboxylic acids is 1. The Morgan fingerprint density at radius 3 is 2.52 bits per heavy atom. The van der Waals surface area contributed by atoms with E-state index in [1.165, 1.54) is 0 Å². The number of rotatable bonds is 9. The Balaban J connectivity index is 0.00000484. The van der Waals surface area contributed by atoms with Crippen LogP contribution < -0.4 is 10.0 Å². The smallest absolute Gasteiger partial charge is 0.339 e. The first kappa shape index (κ1) is 21.7. The van der Waals surface area contributed by atoms with Crippen molar-refractivity contribution in [3.05, 3.63) is 29.6 Å². The summed E-state index contributed by atoms with van der Waals surface area (Å²) in [6, 6.07) is 2.83. The summed E-state index contributed by atoms with van der Waals surface area (Å²) in [5.74, 6) is -1.64. The van der Waals surface area contributed by atoms with Crippen LogP contribution in [-0.4, -0.2) is 54.8 Å². The van der Waals surface area contributed by atoms with Crippen LogP contribution in [0.3, 0.4) is 0 Å².